The number of ether oxygens (including phenoxy) is 1. The van der Waals surface area contributed by atoms with Gasteiger partial charge in [-0.25, -0.2) is 9.97 Å². The number of carbonyl (C=O) groups is 1. The van der Waals surface area contributed by atoms with Crippen LogP contribution in [-0.4, -0.2) is 29.5 Å². The minimum atomic E-state index is -0.292. The highest BCUT2D eigenvalue weighted by atomic mass is 16.5. The molecule has 1 heterocycles. The minimum Gasteiger partial charge on any atom is -0.495 e. The van der Waals surface area contributed by atoms with Gasteiger partial charge in [-0.15, -0.1) is 0 Å². The van der Waals surface area contributed by atoms with E-state index in [1.54, 1.807) is 19.4 Å². The van der Waals surface area contributed by atoms with Crippen molar-refractivity contribution in [2.24, 2.45) is 0 Å². The minimum absolute atomic E-state index is 0.292. The van der Waals surface area contributed by atoms with Crippen LogP contribution in [0.3, 0.4) is 0 Å². The molecule has 0 spiro atoms. The number of nitrogens with zero attached hydrogens (tertiary/aromatic N) is 2. The molecule has 1 aliphatic rings. The Morgan fingerprint density at radius 3 is 2.93 bits per heavy atom. The Morgan fingerprint density at radius 1 is 1.26 bits per heavy atom. The van der Waals surface area contributed by atoms with Gasteiger partial charge in [0.1, 0.15) is 11.4 Å². The summed E-state index contributed by atoms with van der Waals surface area (Å²) in [6.07, 6.45) is 9.86. The van der Waals surface area contributed by atoms with Crippen molar-refractivity contribution in [3.05, 3.63) is 53.4 Å². The number of aromatic nitrogens is 2. The second kappa shape index (κ2) is 9.16. The van der Waals surface area contributed by atoms with Crippen molar-refractivity contribution in [3.8, 4) is 5.75 Å². The summed E-state index contributed by atoms with van der Waals surface area (Å²) in [4.78, 5) is 21.1. The molecule has 142 valence electrons. The first-order valence-electron chi connectivity index (χ1n) is 9.36. The topological polar surface area (TPSA) is 76.1 Å². The van der Waals surface area contributed by atoms with E-state index in [1.165, 1.54) is 31.3 Å². The summed E-state index contributed by atoms with van der Waals surface area (Å²) in [5.41, 5.74) is 3.47. The van der Waals surface area contributed by atoms with Crippen molar-refractivity contribution in [2.45, 2.75) is 39.0 Å². The number of nitrogens with one attached hydrogen (secondary N) is 2. The lowest BCUT2D eigenvalue weighted by Gasteiger charge is -2.13. The first kappa shape index (κ1) is 18.9. The van der Waals surface area contributed by atoms with E-state index in [1.807, 2.05) is 25.1 Å². The Kier molecular flexibility index (Phi) is 6.41. The number of benzene rings is 1. The van der Waals surface area contributed by atoms with Gasteiger partial charge >= 0.3 is 0 Å². The first-order chi connectivity index (χ1) is 13.2. The molecule has 1 aromatic heterocycles. The van der Waals surface area contributed by atoms with E-state index in [9.17, 15) is 4.79 Å². The van der Waals surface area contributed by atoms with E-state index in [2.05, 4.69) is 26.7 Å². The van der Waals surface area contributed by atoms with Crippen molar-refractivity contribution in [2.75, 3.05) is 24.3 Å². The van der Waals surface area contributed by atoms with Gasteiger partial charge in [-0.05, 0) is 62.8 Å². The third kappa shape index (κ3) is 5.29. The fourth-order valence-corrected chi connectivity index (χ4v) is 3.14. The van der Waals surface area contributed by atoms with Crippen molar-refractivity contribution >= 4 is 17.5 Å². The van der Waals surface area contributed by atoms with Gasteiger partial charge in [0.2, 0.25) is 5.95 Å². The van der Waals surface area contributed by atoms with Gasteiger partial charge in [-0.3, -0.25) is 4.79 Å². The average molecular weight is 366 g/mol. The van der Waals surface area contributed by atoms with Gasteiger partial charge in [-0.2, -0.15) is 0 Å². The van der Waals surface area contributed by atoms with Crippen molar-refractivity contribution in [1.82, 2.24) is 9.97 Å². The van der Waals surface area contributed by atoms with Crippen LogP contribution in [0.2, 0.25) is 0 Å². The molecule has 0 atom stereocenters. The zero-order chi connectivity index (χ0) is 19.1. The van der Waals surface area contributed by atoms with Gasteiger partial charge in [0, 0.05) is 12.7 Å². The number of amides is 1. The monoisotopic (exact) mass is 366 g/mol. The lowest BCUT2D eigenvalue weighted by molar-refractivity contribution is 0.102. The fourth-order valence-electron chi connectivity index (χ4n) is 3.14. The number of allylic oxidation sites excluding steroid dienone is 1. The number of carbonyl (C=O) groups excluding carboxylic acids is 1. The summed E-state index contributed by atoms with van der Waals surface area (Å²) in [6.45, 7) is 2.73. The molecule has 0 saturated heterocycles. The highest BCUT2D eigenvalue weighted by Gasteiger charge is 2.12. The zero-order valence-corrected chi connectivity index (χ0v) is 15.9. The molecule has 1 amide bonds. The molecule has 3 rings (SSSR count). The molecule has 1 aromatic carbocycles. The number of aryl methyl sites for hydroxylation is 1. The van der Waals surface area contributed by atoms with Crippen LogP contribution < -0.4 is 15.4 Å². The smallest absolute Gasteiger partial charge is 0.274 e. The summed E-state index contributed by atoms with van der Waals surface area (Å²) in [5, 5.41) is 6.08. The SMILES string of the molecule is COc1ccc(C)cc1NC(=O)c1ccnc(NCCC2=CCCCC2)n1. The third-order valence-electron chi connectivity index (χ3n) is 4.61. The number of hydrogen-bond donors (Lipinski definition) is 2. The highest BCUT2D eigenvalue weighted by molar-refractivity contribution is 6.03. The molecule has 0 bridgehead atoms. The molecule has 2 N–H and O–H groups in total. The first-order valence-corrected chi connectivity index (χ1v) is 9.36. The molecule has 1 aliphatic carbocycles. The van der Waals surface area contributed by atoms with Gasteiger partial charge in [0.25, 0.3) is 5.91 Å². The van der Waals surface area contributed by atoms with Gasteiger partial charge in [-0.1, -0.05) is 17.7 Å². The zero-order valence-electron chi connectivity index (χ0n) is 15.9. The predicted octanol–water partition coefficient (Wildman–Crippen LogP) is 4.35. The molecule has 0 radical (unpaired) electrons. The fraction of sp³-hybridized carbons (Fsp3) is 0.381. The second-order valence-corrected chi connectivity index (χ2v) is 6.71. The summed E-state index contributed by atoms with van der Waals surface area (Å²) in [6, 6.07) is 7.24. The van der Waals surface area contributed by atoms with Gasteiger partial charge in [0.15, 0.2) is 0 Å². The van der Waals surface area contributed by atoms with Crippen molar-refractivity contribution in [3.63, 3.8) is 0 Å². The van der Waals surface area contributed by atoms with Crippen LogP contribution in [0.4, 0.5) is 11.6 Å². The van der Waals surface area contributed by atoms with E-state index in [4.69, 9.17) is 4.74 Å². The van der Waals surface area contributed by atoms with Crippen molar-refractivity contribution in [1.29, 1.82) is 0 Å². The van der Waals surface area contributed by atoms with E-state index in [0.717, 1.165) is 18.5 Å². The quantitative estimate of drug-likeness (QED) is 0.713. The summed E-state index contributed by atoms with van der Waals surface area (Å²) in [7, 11) is 1.58. The predicted molar refractivity (Wildman–Crippen MR) is 107 cm³/mol. The lowest BCUT2D eigenvalue weighted by Crippen LogP contribution is -2.16. The molecule has 0 unspecified atom stereocenters. The summed E-state index contributed by atoms with van der Waals surface area (Å²) >= 11 is 0. The average Bonchev–Trinajstić information content (AvgIpc) is 2.69. The molecular formula is C21H26N4O2. The van der Waals surface area contributed by atoms with Crippen LogP contribution in [0, 0.1) is 6.92 Å². The molecule has 2 aromatic rings. The molecule has 0 saturated carbocycles. The normalized spacial score (nSPS) is 13.6. The van der Waals surface area contributed by atoms with Crippen LogP contribution in [0.25, 0.3) is 0 Å². The maximum absolute atomic E-state index is 12.6. The third-order valence-corrected chi connectivity index (χ3v) is 4.61. The van der Waals surface area contributed by atoms with Crippen LogP contribution in [0.1, 0.15) is 48.2 Å². The molecule has 6 nitrogen and oxygen atoms in total. The standard InChI is InChI=1S/C21H26N4O2/c1-15-8-9-19(27-2)18(14-15)24-20(26)17-11-13-23-21(25-17)22-12-10-16-6-4-3-5-7-16/h6,8-9,11,13-14H,3-5,7,10,12H2,1-2H3,(H,24,26)(H,22,23,25). The van der Waals surface area contributed by atoms with Crippen LogP contribution in [0.15, 0.2) is 42.1 Å². The van der Waals surface area contributed by atoms with E-state index >= 15 is 0 Å². The Bertz CT molecular complexity index is 833. The Morgan fingerprint density at radius 2 is 2.15 bits per heavy atom. The molecule has 27 heavy (non-hydrogen) atoms. The maximum Gasteiger partial charge on any atom is 0.274 e. The van der Waals surface area contributed by atoms with Crippen LogP contribution in [0.5, 0.6) is 5.75 Å². The largest absolute Gasteiger partial charge is 0.495 e. The molecular weight excluding hydrogens is 340 g/mol. The second-order valence-electron chi connectivity index (χ2n) is 6.71. The van der Waals surface area contributed by atoms with Crippen LogP contribution in [-0.2, 0) is 0 Å². The Labute approximate surface area is 160 Å². The number of rotatable bonds is 7. The van der Waals surface area contributed by atoms with Gasteiger partial charge < -0.3 is 15.4 Å². The molecule has 6 heteroatoms. The van der Waals surface area contributed by atoms with Gasteiger partial charge in [0.05, 0.1) is 12.8 Å². The van der Waals surface area contributed by atoms with E-state index < -0.39 is 0 Å². The molecule has 0 aliphatic heterocycles. The summed E-state index contributed by atoms with van der Waals surface area (Å²) < 4.78 is 5.31. The van der Waals surface area contributed by atoms with E-state index in [-0.39, 0.29) is 5.91 Å². The Hall–Kier alpha value is -2.89. The molecule has 0 fully saturated rings. The number of anilines is 2. The van der Waals surface area contributed by atoms with Crippen LogP contribution >= 0.6 is 0 Å². The van der Waals surface area contributed by atoms with E-state index in [0.29, 0.717) is 23.1 Å². The number of methoxy groups -OCH3 is 1. The number of hydrogen-bond acceptors (Lipinski definition) is 5. The lowest BCUT2D eigenvalue weighted by atomic mass is 9.97. The van der Waals surface area contributed by atoms with Crippen molar-refractivity contribution < 1.29 is 9.53 Å². The maximum atomic E-state index is 12.6. The Balaban J connectivity index is 1.61. The summed E-state index contributed by atoms with van der Waals surface area (Å²) in [5.74, 6) is 0.789. The highest BCUT2D eigenvalue weighted by Crippen LogP contribution is 2.25.